The van der Waals surface area contributed by atoms with Gasteiger partial charge in [-0.25, -0.2) is 4.98 Å². The third-order valence-electron chi connectivity index (χ3n) is 5.08. The molecule has 0 aliphatic carbocycles. The zero-order valence-corrected chi connectivity index (χ0v) is 19.4. The predicted octanol–water partition coefficient (Wildman–Crippen LogP) is 6.24. The third-order valence-corrected chi connectivity index (χ3v) is 5.92. The van der Waals surface area contributed by atoms with Gasteiger partial charge >= 0.3 is 0 Å². The molecule has 0 spiro atoms. The molecule has 0 fully saturated rings. The summed E-state index contributed by atoms with van der Waals surface area (Å²) in [5.74, 6) is 0.275. The second-order valence-electron chi connectivity index (χ2n) is 7.34. The molecule has 0 unspecified atom stereocenters. The normalized spacial score (nSPS) is 10.9. The van der Waals surface area contributed by atoms with E-state index in [1.165, 1.54) is 0 Å². The average molecular weight is 518 g/mol. The van der Waals surface area contributed by atoms with E-state index in [1.54, 1.807) is 42.5 Å². The van der Waals surface area contributed by atoms with E-state index in [-0.39, 0.29) is 16.8 Å². The maximum absolute atomic E-state index is 12.6. The number of carbonyl (C=O) groups excluding carboxylic acids is 1. The van der Waals surface area contributed by atoms with Crippen molar-refractivity contribution in [2.75, 3.05) is 5.32 Å². The summed E-state index contributed by atoms with van der Waals surface area (Å²) in [7, 11) is 0. The molecule has 33 heavy (non-hydrogen) atoms. The Morgan fingerprint density at radius 2 is 1.79 bits per heavy atom. The molecule has 0 bridgehead atoms. The zero-order valence-electron chi connectivity index (χ0n) is 17.0. The minimum absolute atomic E-state index is 0.139. The number of oxazole rings is 1. The fourth-order valence-corrected chi connectivity index (χ4v) is 4.03. The first-order valence-corrected chi connectivity index (χ1v) is 11.2. The highest BCUT2D eigenvalue weighted by molar-refractivity contribution is 9.10. The van der Waals surface area contributed by atoms with Gasteiger partial charge in [-0.05, 0) is 87.5 Å². The van der Waals surface area contributed by atoms with E-state index in [9.17, 15) is 9.90 Å². The molecular weight excluding hydrogens is 502 g/mol. The Kier molecular flexibility index (Phi) is 5.53. The summed E-state index contributed by atoms with van der Waals surface area (Å²) < 4.78 is 6.38. The summed E-state index contributed by atoms with van der Waals surface area (Å²) in [4.78, 5) is 17.1. The van der Waals surface area contributed by atoms with Crippen molar-refractivity contribution >= 4 is 66.7 Å². The first-order chi connectivity index (χ1) is 16.0. The number of nitrogens with one attached hydrogen (secondary N) is 2. The maximum atomic E-state index is 12.6. The van der Waals surface area contributed by atoms with E-state index < -0.39 is 0 Å². The third kappa shape index (κ3) is 4.44. The Labute approximate surface area is 202 Å². The number of aromatic nitrogens is 1. The number of benzene rings is 4. The molecule has 1 heterocycles. The van der Waals surface area contributed by atoms with Gasteiger partial charge in [-0.15, -0.1) is 0 Å². The Balaban J connectivity index is 1.31. The fourth-order valence-electron chi connectivity index (χ4n) is 3.44. The van der Waals surface area contributed by atoms with Crippen molar-refractivity contribution in [1.82, 2.24) is 10.3 Å². The first-order valence-electron chi connectivity index (χ1n) is 9.97. The predicted molar refractivity (Wildman–Crippen MR) is 136 cm³/mol. The number of nitrogens with zero attached hydrogens (tertiary/aromatic N) is 1. The minimum atomic E-state index is -0.291. The van der Waals surface area contributed by atoms with Gasteiger partial charge in [0, 0.05) is 16.8 Å². The molecule has 0 saturated heterocycles. The van der Waals surface area contributed by atoms with Gasteiger partial charge in [-0.1, -0.05) is 30.3 Å². The number of carbonyl (C=O) groups is 1. The summed E-state index contributed by atoms with van der Waals surface area (Å²) in [6.45, 7) is 0. The molecule has 3 N–H and O–H groups in total. The fraction of sp³-hybridized carbons (Fsp3) is 0. The number of halogens is 1. The van der Waals surface area contributed by atoms with Crippen LogP contribution in [-0.4, -0.2) is 21.1 Å². The standard InChI is InChI=1S/C25H16BrN3O3S/c26-19-12-17(7-9-21(19)30)24-28-20-13-18(8-10-22(20)32-24)27-25(33)29-23(31)16-6-5-14-3-1-2-4-15(14)11-16/h1-13,30H,(H2,27,29,31,33). The average Bonchev–Trinajstić information content (AvgIpc) is 3.24. The van der Waals surface area contributed by atoms with Crippen LogP contribution in [0.1, 0.15) is 10.4 Å². The van der Waals surface area contributed by atoms with Crippen LogP contribution >= 0.6 is 28.1 Å². The molecule has 1 aromatic heterocycles. The van der Waals surface area contributed by atoms with Gasteiger partial charge in [0.1, 0.15) is 11.3 Å². The number of rotatable bonds is 3. The van der Waals surface area contributed by atoms with Gasteiger partial charge in [0.25, 0.3) is 5.91 Å². The van der Waals surface area contributed by atoms with E-state index in [2.05, 4.69) is 31.5 Å². The van der Waals surface area contributed by atoms with Crippen LogP contribution < -0.4 is 10.6 Å². The summed E-state index contributed by atoms with van der Waals surface area (Å²) in [5, 5.41) is 17.6. The lowest BCUT2D eigenvalue weighted by Crippen LogP contribution is -2.34. The molecule has 8 heteroatoms. The Bertz CT molecular complexity index is 1550. The highest BCUT2D eigenvalue weighted by atomic mass is 79.9. The molecule has 162 valence electrons. The Morgan fingerprint density at radius 3 is 2.61 bits per heavy atom. The van der Waals surface area contributed by atoms with Crippen LogP contribution in [-0.2, 0) is 0 Å². The van der Waals surface area contributed by atoms with Crippen molar-refractivity contribution < 1.29 is 14.3 Å². The van der Waals surface area contributed by atoms with Crippen molar-refractivity contribution in [1.29, 1.82) is 0 Å². The number of fused-ring (bicyclic) bond motifs is 2. The van der Waals surface area contributed by atoms with Crippen molar-refractivity contribution in [3.05, 3.63) is 88.9 Å². The van der Waals surface area contributed by atoms with E-state index >= 15 is 0 Å². The summed E-state index contributed by atoms with van der Waals surface area (Å²) >= 11 is 8.62. The lowest BCUT2D eigenvalue weighted by molar-refractivity contribution is 0.0978. The molecule has 5 aromatic rings. The summed E-state index contributed by atoms with van der Waals surface area (Å²) in [6.07, 6.45) is 0. The van der Waals surface area contributed by atoms with Crippen molar-refractivity contribution in [2.24, 2.45) is 0 Å². The molecule has 0 radical (unpaired) electrons. The second kappa shape index (κ2) is 8.65. The highest BCUT2D eigenvalue weighted by Crippen LogP contribution is 2.31. The Morgan fingerprint density at radius 1 is 0.970 bits per heavy atom. The molecule has 0 atom stereocenters. The topological polar surface area (TPSA) is 87.4 Å². The van der Waals surface area contributed by atoms with E-state index in [4.69, 9.17) is 16.6 Å². The van der Waals surface area contributed by atoms with Gasteiger partial charge in [-0.2, -0.15) is 0 Å². The number of anilines is 1. The quantitative estimate of drug-likeness (QED) is 0.245. The summed E-state index contributed by atoms with van der Waals surface area (Å²) in [5.41, 5.74) is 3.14. The number of thiocarbonyl (C=S) groups is 1. The SMILES string of the molecule is O=C(NC(=S)Nc1ccc2oc(-c3ccc(O)c(Br)c3)nc2c1)c1ccc2ccccc2c1. The van der Waals surface area contributed by atoms with E-state index in [0.717, 1.165) is 16.3 Å². The summed E-state index contributed by atoms with van der Waals surface area (Å²) in [6, 6.07) is 23.7. The van der Waals surface area contributed by atoms with Crippen LogP contribution in [0.4, 0.5) is 5.69 Å². The molecule has 0 aliphatic rings. The number of amides is 1. The highest BCUT2D eigenvalue weighted by Gasteiger charge is 2.12. The molecular formula is C25H16BrN3O3S. The smallest absolute Gasteiger partial charge is 0.257 e. The van der Waals surface area contributed by atoms with E-state index in [1.807, 2.05) is 36.4 Å². The molecule has 0 saturated carbocycles. The molecule has 5 rings (SSSR count). The van der Waals surface area contributed by atoms with Crippen LogP contribution in [0.5, 0.6) is 5.75 Å². The lowest BCUT2D eigenvalue weighted by Gasteiger charge is -2.10. The number of hydrogen-bond donors (Lipinski definition) is 3. The zero-order chi connectivity index (χ0) is 22.9. The van der Waals surface area contributed by atoms with E-state index in [0.29, 0.717) is 32.7 Å². The number of phenolic OH excluding ortho intramolecular Hbond substituents is 1. The van der Waals surface area contributed by atoms with Crippen LogP contribution in [0.2, 0.25) is 0 Å². The lowest BCUT2D eigenvalue weighted by atomic mass is 10.1. The maximum Gasteiger partial charge on any atom is 0.257 e. The molecule has 0 aliphatic heterocycles. The van der Waals surface area contributed by atoms with Gasteiger partial charge in [0.15, 0.2) is 10.7 Å². The Hall–Kier alpha value is -3.75. The number of aromatic hydroxyl groups is 1. The van der Waals surface area contributed by atoms with Crippen LogP contribution in [0, 0.1) is 0 Å². The first kappa shape index (κ1) is 21.1. The van der Waals surface area contributed by atoms with Crippen molar-refractivity contribution in [2.45, 2.75) is 0 Å². The molecule has 6 nitrogen and oxygen atoms in total. The van der Waals surface area contributed by atoms with Gasteiger partial charge in [0.05, 0.1) is 4.47 Å². The monoisotopic (exact) mass is 517 g/mol. The number of hydrogen-bond acceptors (Lipinski definition) is 5. The van der Waals surface area contributed by atoms with Gasteiger partial charge in [-0.3, -0.25) is 10.1 Å². The molecule has 4 aromatic carbocycles. The van der Waals surface area contributed by atoms with Gasteiger partial charge < -0.3 is 14.8 Å². The van der Waals surface area contributed by atoms with Crippen LogP contribution in [0.3, 0.4) is 0 Å². The molecule has 1 amide bonds. The number of phenols is 1. The van der Waals surface area contributed by atoms with Gasteiger partial charge in [0.2, 0.25) is 5.89 Å². The van der Waals surface area contributed by atoms with Crippen LogP contribution in [0.15, 0.2) is 87.8 Å². The van der Waals surface area contributed by atoms with Crippen molar-refractivity contribution in [3.8, 4) is 17.2 Å². The minimum Gasteiger partial charge on any atom is -0.507 e. The largest absolute Gasteiger partial charge is 0.507 e. The van der Waals surface area contributed by atoms with Crippen LogP contribution in [0.25, 0.3) is 33.3 Å². The van der Waals surface area contributed by atoms with Crippen molar-refractivity contribution in [3.63, 3.8) is 0 Å². The second-order valence-corrected chi connectivity index (χ2v) is 8.60.